The first-order valence-electron chi connectivity index (χ1n) is 7.16. The first-order valence-corrected chi connectivity index (χ1v) is 7.16. The summed E-state index contributed by atoms with van der Waals surface area (Å²) < 4.78 is 10.6. The molecule has 0 spiro atoms. The van der Waals surface area contributed by atoms with Crippen LogP contribution in [0.4, 0.5) is 0 Å². The van der Waals surface area contributed by atoms with Gasteiger partial charge in [0.1, 0.15) is 0 Å². The quantitative estimate of drug-likeness (QED) is 0.887. The number of rotatable bonds is 5. The molecule has 1 saturated heterocycles. The second kappa shape index (κ2) is 6.35. The van der Waals surface area contributed by atoms with Gasteiger partial charge in [-0.15, -0.1) is 0 Å². The maximum atomic E-state index is 11.7. The molecule has 2 rings (SSSR count). The molecule has 20 heavy (non-hydrogen) atoms. The fourth-order valence-corrected chi connectivity index (χ4v) is 2.00. The summed E-state index contributed by atoms with van der Waals surface area (Å²) >= 11 is 0. The van der Waals surface area contributed by atoms with Crippen LogP contribution in [0.2, 0.25) is 0 Å². The van der Waals surface area contributed by atoms with Gasteiger partial charge in [0.05, 0.1) is 6.10 Å². The third kappa shape index (κ3) is 4.30. The van der Waals surface area contributed by atoms with Crippen LogP contribution in [0.1, 0.15) is 51.7 Å². The summed E-state index contributed by atoms with van der Waals surface area (Å²) in [6.45, 7) is 7.47. The van der Waals surface area contributed by atoms with Gasteiger partial charge in [-0.25, -0.2) is 0 Å². The summed E-state index contributed by atoms with van der Waals surface area (Å²) in [5.74, 6) is 1.19. The molecule has 1 N–H and O–H groups in total. The van der Waals surface area contributed by atoms with E-state index in [9.17, 15) is 4.79 Å². The van der Waals surface area contributed by atoms with Crippen molar-refractivity contribution in [3.63, 3.8) is 0 Å². The van der Waals surface area contributed by atoms with E-state index in [4.69, 9.17) is 9.26 Å². The van der Waals surface area contributed by atoms with E-state index in [0.717, 1.165) is 19.4 Å². The molecule has 1 unspecified atom stereocenters. The van der Waals surface area contributed by atoms with Crippen LogP contribution in [0.3, 0.4) is 0 Å². The molecule has 0 aliphatic carbocycles. The third-order valence-corrected chi connectivity index (χ3v) is 3.26. The van der Waals surface area contributed by atoms with Crippen molar-refractivity contribution in [1.82, 2.24) is 15.5 Å². The molecule has 1 atom stereocenters. The summed E-state index contributed by atoms with van der Waals surface area (Å²) in [4.78, 5) is 16.0. The highest BCUT2D eigenvalue weighted by atomic mass is 16.5. The Morgan fingerprint density at radius 3 is 2.85 bits per heavy atom. The minimum atomic E-state index is -0.135. The Bertz CT molecular complexity index is 445. The zero-order valence-corrected chi connectivity index (χ0v) is 12.4. The number of carbonyl (C=O) groups is 1. The van der Waals surface area contributed by atoms with Crippen molar-refractivity contribution in [3.8, 4) is 0 Å². The van der Waals surface area contributed by atoms with Crippen LogP contribution in [0.15, 0.2) is 4.52 Å². The van der Waals surface area contributed by atoms with E-state index >= 15 is 0 Å². The van der Waals surface area contributed by atoms with E-state index in [1.165, 1.54) is 0 Å². The molecule has 0 radical (unpaired) electrons. The molecular formula is C14H23N3O3. The molecule has 1 fully saturated rings. The molecule has 0 saturated carbocycles. The first-order chi connectivity index (χ1) is 9.45. The lowest BCUT2D eigenvalue weighted by Crippen LogP contribution is -2.31. The number of aromatic nitrogens is 2. The lowest BCUT2D eigenvalue weighted by atomic mass is 9.96. The smallest absolute Gasteiger partial charge is 0.227 e. The average Bonchev–Trinajstić information content (AvgIpc) is 3.04. The van der Waals surface area contributed by atoms with Gasteiger partial charge in [0, 0.05) is 31.4 Å². The molecule has 1 aromatic rings. The fourth-order valence-electron chi connectivity index (χ4n) is 2.00. The highest BCUT2D eigenvalue weighted by Gasteiger charge is 2.21. The molecule has 6 heteroatoms. The van der Waals surface area contributed by atoms with Crippen molar-refractivity contribution in [2.45, 2.75) is 58.0 Å². The Balaban J connectivity index is 1.71. The molecule has 1 aliphatic rings. The zero-order valence-electron chi connectivity index (χ0n) is 12.4. The molecule has 1 aliphatic heterocycles. The largest absolute Gasteiger partial charge is 0.376 e. The van der Waals surface area contributed by atoms with E-state index in [2.05, 4.69) is 15.5 Å². The minimum absolute atomic E-state index is 0.00370. The van der Waals surface area contributed by atoms with E-state index < -0.39 is 0 Å². The average molecular weight is 281 g/mol. The summed E-state index contributed by atoms with van der Waals surface area (Å²) in [5, 5.41) is 6.81. The molecule has 112 valence electrons. The number of hydrogen-bond donors (Lipinski definition) is 1. The normalized spacial score (nSPS) is 19.2. The van der Waals surface area contributed by atoms with Gasteiger partial charge in [-0.05, 0) is 12.8 Å². The summed E-state index contributed by atoms with van der Waals surface area (Å²) in [6.07, 6.45) is 3.12. The van der Waals surface area contributed by atoms with Crippen molar-refractivity contribution in [2.24, 2.45) is 0 Å². The van der Waals surface area contributed by atoms with Gasteiger partial charge in [0.25, 0.3) is 0 Å². The predicted molar refractivity (Wildman–Crippen MR) is 73.3 cm³/mol. The molecule has 1 amide bonds. The first kappa shape index (κ1) is 15.0. The lowest BCUT2D eigenvalue weighted by Gasteiger charge is -2.11. The van der Waals surface area contributed by atoms with Crippen molar-refractivity contribution < 1.29 is 14.1 Å². The van der Waals surface area contributed by atoms with Crippen LogP contribution in [0, 0.1) is 0 Å². The van der Waals surface area contributed by atoms with Gasteiger partial charge < -0.3 is 14.6 Å². The van der Waals surface area contributed by atoms with Gasteiger partial charge in [-0.3, -0.25) is 4.79 Å². The molecule has 2 heterocycles. The van der Waals surface area contributed by atoms with Crippen LogP contribution in [0.25, 0.3) is 0 Å². The van der Waals surface area contributed by atoms with Crippen LogP contribution < -0.4 is 5.32 Å². The van der Waals surface area contributed by atoms with E-state index in [-0.39, 0.29) is 17.4 Å². The van der Waals surface area contributed by atoms with Crippen molar-refractivity contribution in [2.75, 3.05) is 13.2 Å². The minimum Gasteiger partial charge on any atom is -0.376 e. The maximum absolute atomic E-state index is 11.7. The number of aryl methyl sites for hydroxylation is 1. The number of carbonyl (C=O) groups excluding carboxylic acids is 1. The van der Waals surface area contributed by atoms with Crippen molar-refractivity contribution in [1.29, 1.82) is 0 Å². The van der Waals surface area contributed by atoms with Gasteiger partial charge in [0.15, 0.2) is 5.82 Å². The Morgan fingerprint density at radius 2 is 2.25 bits per heavy atom. The standard InChI is InChI=1S/C14H23N3O3/c1-14(2,3)13-16-12(20-17-13)7-6-11(18)15-9-10-5-4-8-19-10/h10H,4-9H2,1-3H3,(H,15,18). The molecule has 1 aromatic heterocycles. The van der Waals surface area contributed by atoms with Crippen LogP contribution >= 0.6 is 0 Å². The monoisotopic (exact) mass is 281 g/mol. The number of amides is 1. The highest BCUT2D eigenvalue weighted by molar-refractivity contribution is 5.76. The number of nitrogens with one attached hydrogen (secondary N) is 1. The van der Waals surface area contributed by atoms with E-state index in [1.807, 2.05) is 20.8 Å². The Labute approximate surface area is 119 Å². The van der Waals surface area contributed by atoms with E-state index in [1.54, 1.807) is 0 Å². The second-order valence-electron chi connectivity index (χ2n) is 6.20. The van der Waals surface area contributed by atoms with E-state index in [0.29, 0.717) is 31.1 Å². The third-order valence-electron chi connectivity index (χ3n) is 3.26. The fraction of sp³-hybridized carbons (Fsp3) is 0.786. The van der Waals surface area contributed by atoms with Crippen molar-refractivity contribution >= 4 is 5.91 Å². The Morgan fingerprint density at radius 1 is 1.45 bits per heavy atom. The second-order valence-corrected chi connectivity index (χ2v) is 6.20. The summed E-state index contributed by atoms with van der Waals surface area (Å²) in [7, 11) is 0. The SMILES string of the molecule is CC(C)(C)c1noc(CCC(=O)NCC2CCCO2)n1. The van der Waals surface area contributed by atoms with Crippen LogP contribution in [-0.4, -0.2) is 35.3 Å². The topological polar surface area (TPSA) is 77.2 Å². The lowest BCUT2D eigenvalue weighted by molar-refractivity contribution is -0.121. The Hall–Kier alpha value is -1.43. The van der Waals surface area contributed by atoms with Crippen LogP contribution in [-0.2, 0) is 21.4 Å². The predicted octanol–water partition coefficient (Wildman–Crippen LogP) is 1.59. The van der Waals surface area contributed by atoms with Gasteiger partial charge >= 0.3 is 0 Å². The molecule has 0 bridgehead atoms. The Kier molecular flexibility index (Phi) is 4.75. The molecular weight excluding hydrogens is 258 g/mol. The zero-order chi connectivity index (χ0) is 14.6. The number of hydrogen-bond acceptors (Lipinski definition) is 5. The number of nitrogens with zero attached hydrogens (tertiary/aromatic N) is 2. The number of ether oxygens (including phenoxy) is 1. The van der Waals surface area contributed by atoms with Gasteiger partial charge in [-0.1, -0.05) is 25.9 Å². The van der Waals surface area contributed by atoms with Crippen LogP contribution in [0.5, 0.6) is 0 Å². The molecule has 6 nitrogen and oxygen atoms in total. The van der Waals surface area contributed by atoms with Gasteiger partial charge in [-0.2, -0.15) is 4.98 Å². The maximum Gasteiger partial charge on any atom is 0.227 e. The highest BCUT2D eigenvalue weighted by Crippen LogP contribution is 2.18. The molecule has 0 aromatic carbocycles. The van der Waals surface area contributed by atoms with Gasteiger partial charge in [0.2, 0.25) is 11.8 Å². The van der Waals surface area contributed by atoms with Crippen molar-refractivity contribution in [3.05, 3.63) is 11.7 Å². The summed E-state index contributed by atoms with van der Waals surface area (Å²) in [5.41, 5.74) is -0.135. The summed E-state index contributed by atoms with van der Waals surface area (Å²) in [6, 6.07) is 0.